The van der Waals surface area contributed by atoms with Crippen LogP contribution in [0.1, 0.15) is 17.0 Å². The van der Waals surface area contributed by atoms with Crippen LogP contribution in [0.15, 0.2) is 66.9 Å². The summed E-state index contributed by atoms with van der Waals surface area (Å²) in [5.74, 6) is 1.76. The first kappa shape index (κ1) is 18.2. The summed E-state index contributed by atoms with van der Waals surface area (Å²) in [6, 6.07) is 20.7. The molecule has 0 spiro atoms. The summed E-state index contributed by atoms with van der Waals surface area (Å²) < 4.78 is 13.0. The van der Waals surface area contributed by atoms with E-state index in [0.717, 1.165) is 46.9 Å². The van der Waals surface area contributed by atoms with Crippen LogP contribution in [0.3, 0.4) is 0 Å². The summed E-state index contributed by atoms with van der Waals surface area (Å²) in [7, 11) is 1.72. The Morgan fingerprint density at radius 3 is 2.36 bits per heavy atom. The highest BCUT2D eigenvalue weighted by Crippen LogP contribution is 2.22. The maximum atomic E-state index is 5.90. The van der Waals surface area contributed by atoms with Gasteiger partial charge in [-0.05, 0) is 59.9 Å². The van der Waals surface area contributed by atoms with Gasteiger partial charge in [-0.15, -0.1) is 10.2 Å². The van der Waals surface area contributed by atoms with Crippen molar-refractivity contribution < 1.29 is 9.47 Å². The maximum Gasteiger partial charge on any atom is 0.161 e. The fourth-order valence-corrected chi connectivity index (χ4v) is 3.12. The standard InChI is InChI=1S/C23H23N3O2/c1-17-24-25-23-15-21(11-13-26(17)23)20-7-3-19(4-8-20)16-28-22-9-5-18(6-10-22)12-14-27-2/h3-11,13,15H,12,14,16H2,1-2H3. The molecule has 5 heteroatoms. The first-order valence-electron chi connectivity index (χ1n) is 9.34. The minimum Gasteiger partial charge on any atom is -0.489 e. The Bertz CT molecular complexity index is 1050. The molecule has 0 atom stereocenters. The van der Waals surface area contributed by atoms with Gasteiger partial charge in [0.15, 0.2) is 5.65 Å². The molecule has 0 saturated heterocycles. The summed E-state index contributed by atoms with van der Waals surface area (Å²) in [5, 5.41) is 8.30. The largest absolute Gasteiger partial charge is 0.489 e. The lowest BCUT2D eigenvalue weighted by Gasteiger charge is -2.09. The molecule has 2 aromatic heterocycles. The van der Waals surface area contributed by atoms with E-state index in [0.29, 0.717) is 6.61 Å². The van der Waals surface area contributed by atoms with E-state index in [1.165, 1.54) is 5.56 Å². The monoisotopic (exact) mass is 373 g/mol. The van der Waals surface area contributed by atoms with E-state index in [9.17, 15) is 0 Å². The zero-order valence-electron chi connectivity index (χ0n) is 16.1. The van der Waals surface area contributed by atoms with Gasteiger partial charge in [0.2, 0.25) is 0 Å². The number of aryl methyl sites for hydroxylation is 1. The first-order chi connectivity index (χ1) is 13.7. The number of pyridine rings is 1. The van der Waals surface area contributed by atoms with Gasteiger partial charge in [0.05, 0.1) is 6.61 Å². The highest BCUT2D eigenvalue weighted by Gasteiger charge is 2.04. The quantitative estimate of drug-likeness (QED) is 0.479. The SMILES string of the molecule is COCCc1ccc(OCc2ccc(-c3ccn4c(C)nnc4c3)cc2)cc1. The molecule has 0 aliphatic rings. The highest BCUT2D eigenvalue weighted by molar-refractivity contribution is 5.67. The topological polar surface area (TPSA) is 48.7 Å². The molecular formula is C23H23N3O2. The number of benzene rings is 2. The van der Waals surface area contributed by atoms with Gasteiger partial charge < -0.3 is 9.47 Å². The van der Waals surface area contributed by atoms with Crippen molar-refractivity contribution in [3.63, 3.8) is 0 Å². The fraction of sp³-hybridized carbons (Fsp3) is 0.217. The number of hydrogen-bond acceptors (Lipinski definition) is 4. The van der Waals surface area contributed by atoms with Crippen LogP contribution in [-0.4, -0.2) is 28.3 Å². The van der Waals surface area contributed by atoms with Gasteiger partial charge in [-0.25, -0.2) is 0 Å². The summed E-state index contributed by atoms with van der Waals surface area (Å²) in [6.45, 7) is 3.22. The van der Waals surface area contributed by atoms with E-state index in [2.05, 4.69) is 58.7 Å². The number of rotatable bonds is 7. The Morgan fingerprint density at radius 2 is 1.61 bits per heavy atom. The smallest absolute Gasteiger partial charge is 0.161 e. The van der Waals surface area contributed by atoms with E-state index in [1.807, 2.05) is 29.7 Å². The Balaban J connectivity index is 1.40. The molecule has 0 unspecified atom stereocenters. The van der Waals surface area contributed by atoms with E-state index in [4.69, 9.17) is 9.47 Å². The first-order valence-corrected chi connectivity index (χ1v) is 9.34. The van der Waals surface area contributed by atoms with Crippen LogP contribution < -0.4 is 4.74 Å². The Labute approximate surface area is 164 Å². The third-order valence-corrected chi connectivity index (χ3v) is 4.79. The molecule has 2 heterocycles. The number of methoxy groups -OCH3 is 1. The molecule has 2 aromatic carbocycles. The molecule has 28 heavy (non-hydrogen) atoms. The van der Waals surface area contributed by atoms with Crippen LogP contribution in [0.4, 0.5) is 0 Å². The summed E-state index contributed by atoms with van der Waals surface area (Å²) >= 11 is 0. The summed E-state index contributed by atoms with van der Waals surface area (Å²) in [4.78, 5) is 0. The van der Waals surface area contributed by atoms with Crippen LogP contribution in [0.25, 0.3) is 16.8 Å². The van der Waals surface area contributed by atoms with Gasteiger partial charge in [-0.3, -0.25) is 4.40 Å². The van der Waals surface area contributed by atoms with Crippen LogP contribution in [0.5, 0.6) is 5.75 Å². The molecule has 4 aromatic rings. The van der Waals surface area contributed by atoms with Crippen molar-refractivity contribution in [2.24, 2.45) is 0 Å². The molecule has 0 N–H and O–H groups in total. The number of fused-ring (bicyclic) bond motifs is 1. The molecule has 0 aliphatic carbocycles. The van der Waals surface area contributed by atoms with Gasteiger partial charge in [-0.2, -0.15) is 0 Å². The maximum absolute atomic E-state index is 5.90. The van der Waals surface area contributed by atoms with Gasteiger partial charge in [0, 0.05) is 13.3 Å². The van der Waals surface area contributed by atoms with Crippen LogP contribution in [0, 0.1) is 6.92 Å². The second-order valence-corrected chi connectivity index (χ2v) is 6.76. The van der Waals surface area contributed by atoms with Crippen molar-refractivity contribution in [3.8, 4) is 16.9 Å². The second-order valence-electron chi connectivity index (χ2n) is 6.76. The number of aromatic nitrogens is 3. The molecule has 5 nitrogen and oxygen atoms in total. The Morgan fingerprint density at radius 1 is 0.857 bits per heavy atom. The van der Waals surface area contributed by atoms with Crippen LogP contribution in [0.2, 0.25) is 0 Å². The van der Waals surface area contributed by atoms with Crippen LogP contribution >= 0.6 is 0 Å². The Hall–Kier alpha value is -3.18. The zero-order valence-corrected chi connectivity index (χ0v) is 16.1. The lowest BCUT2D eigenvalue weighted by Crippen LogP contribution is -1.97. The van der Waals surface area contributed by atoms with E-state index >= 15 is 0 Å². The molecule has 0 fully saturated rings. The van der Waals surface area contributed by atoms with Crippen molar-refractivity contribution in [1.29, 1.82) is 0 Å². The Kier molecular flexibility index (Phi) is 5.35. The van der Waals surface area contributed by atoms with Gasteiger partial charge in [-0.1, -0.05) is 36.4 Å². The third kappa shape index (κ3) is 4.05. The van der Waals surface area contributed by atoms with Gasteiger partial charge >= 0.3 is 0 Å². The number of hydrogen-bond donors (Lipinski definition) is 0. The molecular weight excluding hydrogens is 350 g/mol. The average Bonchev–Trinajstić information content (AvgIpc) is 3.12. The van der Waals surface area contributed by atoms with Gasteiger partial charge in [0.25, 0.3) is 0 Å². The minimum atomic E-state index is 0.542. The van der Waals surface area contributed by atoms with Gasteiger partial charge in [0.1, 0.15) is 18.2 Å². The number of ether oxygens (including phenoxy) is 2. The van der Waals surface area contributed by atoms with E-state index in [-0.39, 0.29) is 0 Å². The molecule has 0 radical (unpaired) electrons. The van der Waals surface area contributed by atoms with Crippen molar-refractivity contribution in [2.75, 3.05) is 13.7 Å². The third-order valence-electron chi connectivity index (χ3n) is 4.79. The fourth-order valence-electron chi connectivity index (χ4n) is 3.12. The summed E-state index contributed by atoms with van der Waals surface area (Å²) in [6.07, 6.45) is 2.92. The second kappa shape index (κ2) is 8.23. The van der Waals surface area contributed by atoms with Crippen molar-refractivity contribution in [3.05, 3.63) is 83.8 Å². The molecule has 0 amide bonds. The van der Waals surface area contributed by atoms with Crippen molar-refractivity contribution in [2.45, 2.75) is 20.0 Å². The summed E-state index contributed by atoms with van der Waals surface area (Å²) in [5.41, 5.74) is 5.51. The van der Waals surface area contributed by atoms with E-state index in [1.54, 1.807) is 7.11 Å². The number of nitrogens with zero attached hydrogens (tertiary/aromatic N) is 3. The molecule has 142 valence electrons. The van der Waals surface area contributed by atoms with Crippen LogP contribution in [-0.2, 0) is 17.8 Å². The minimum absolute atomic E-state index is 0.542. The van der Waals surface area contributed by atoms with Crippen molar-refractivity contribution >= 4 is 5.65 Å². The predicted molar refractivity (Wildman–Crippen MR) is 110 cm³/mol. The molecule has 0 aliphatic heterocycles. The normalized spacial score (nSPS) is 11.1. The van der Waals surface area contributed by atoms with E-state index < -0.39 is 0 Å². The molecule has 0 bridgehead atoms. The zero-order chi connectivity index (χ0) is 19.3. The average molecular weight is 373 g/mol. The molecule has 4 rings (SSSR count). The molecule has 0 saturated carbocycles. The lowest BCUT2D eigenvalue weighted by molar-refractivity contribution is 0.202. The predicted octanol–water partition coefficient (Wildman–Crippen LogP) is 4.47. The van der Waals surface area contributed by atoms with Crippen molar-refractivity contribution in [1.82, 2.24) is 14.6 Å². The highest BCUT2D eigenvalue weighted by atomic mass is 16.5. The lowest BCUT2D eigenvalue weighted by atomic mass is 10.1.